The smallest absolute Gasteiger partial charge is 0.206 e. The molecule has 6 heteroatoms. The standard InChI is InChI=1S/C32H32F6/c1-19-2-7-22(8-3-19)24-11-10-23-14-20(6-9-25(23)17-24)4-5-21-15-26-18-28(33)27(12-13-32(36,37)38)31(35)30(26)29(34)16-21/h15-16,18-20,22-25H,2-3,6-11,14,17H2,1H3. The molecule has 0 amide bonds. The van der Waals surface area contributed by atoms with E-state index in [0.717, 1.165) is 61.0 Å². The lowest BCUT2D eigenvalue weighted by molar-refractivity contribution is -0.0696. The maximum Gasteiger partial charge on any atom is 0.458 e. The minimum atomic E-state index is -4.92. The molecule has 0 bridgehead atoms. The maximum absolute atomic E-state index is 14.8. The van der Waals surface area contributed by atoms with Gasteiger partial charge in [-0.25, -0.2) is 13.2 Å². The first-order valence-electron chi connectivity index (χ1n) is 13.8. The molecule has 3 aliphatic rings. The molecule has 38 heavy (non-hydrogen) atoms. The highest BCUT2D eigenvalue weighted by Gasteiger charge is 2.38. The van der Waals surface area contributed by atoms with E-state index in [2.05, 4.69) is 18.8 Å². The molecule has 5 rings (SSSR count). The molecule has 0 spiro atoms. The van der Waals surface area contributed by atoms with Crippen molar-refractivity contribution in [3.63, 3.8) is 0 Å². The molecule has 3 fully saturated rings. The van der Waals surface area contributed by atoms with Crippen LogP contribution in [0.1, 0.15) is 82.3 Å². The van der Waals surface area contributed by atoms with Gasteiger partial charge in [0.15, 0.2) is 5.82 Å². The molecule has 0 saturated heterocycles. The zero-order chi connectivity index (χ0) is 27.0. The molecule has 0 N–H and O–H groups in total. The average molecular weight is 531 g/mol. The number of hydrogen-bond acceptors (Lipinski definition) is 0. The van der Waals surface area contributed by atoms with Gasteiger partial charge in [-0.2, -0.15) is 13.2 Å². The topological polar surface area (TPSA) is 0 Å². The summed E-state index contributed by atoms with van der Waals surface area (Å²) in [5.74, 6) is 9.13. The lowest BCUT2D eigenvalue weighted by Crippen LogP contribution is -2.34. The molecular weight excluding hydrogens is 498 g/mol. The third-order valence-electron chi connectivity index (χ3n) is 9.21. The van der Waals surface area contributed by atoms with Crippen molar-refractivity contribution in [3.05, 3.63) is 46.8 Å². The van der Waals surface area contributed by atoms with E-state index < -0.39 is 34.6 Å². The Labute approximate surface area is 220 Å². The molecule has 0 nitrogen and oxygen atoms in total. The van der Waals surface area contributed by atoms with E-state index in [1.165, 1.54) is 56.9 Å². The summed E-state index contributed by atoms with van der Waals surface area (Å²) < 4.78 is 81.0. The van der Waals surface area contributed by atoms with Crippen LogP contribution < -0.4 is 0 Å². The van der Waals surface area contributed by atoms with Crippen LogP contribution in [0, 0.1) is 76.6 Å². The number of fused-ring (bicyclic) bond motifs is 2. The summed E-state index contributed by atoms with van der Waals surface area (Å²) in [5.41, 5.74) is -0.808. The van der Waals surface area contributed by atoms with E-state index in [4.69, 9.17) is 0 Å². The molecule has 0 aromatic heterocycles. The predicted octanol–water partition coefficient (Wildman–Crippen LogP) is 9.18. The minimum absolute atomic E-state index is 0.0963. The number of benzene rings is 2. The Morgan fingerprint density at radius 2 is 1.34 bits per heavy atom. The third kappa shape index (κ3) is 6.01. The number of hydrogen-bond donors (Lipinski definition) is 0. The molecule has 2 aromatic carbocycles. The quantitative estimate of drug-likeness (QED) is 0.255. The largest absolute Gasteiger partial charge is 0.458 e. The highest BCUT2D eigenvalue weighted by Crippen LogP contribution is 2.49. The van der Waals surface area contributed by atoms with Crippen LogP contribution in [0.3, 0.4) is 0 Å². The first kappa shape index (κ1) is 27.0. The van der Waals surface area contributed by atoms with Crippen molar-refractivity contribution in [2.24, 2.45) is 35.5 Å². The van der Waals surface area contributed by atoms with Gasteiger partial charge in [0, 0.05) is 17.4 Å². The number of rotatable bonds is 1. The summed E-state index contributed by atoms with van der Waals surface area (Å²) in [7, 11) is 0. The summed E-state index contributed by atoms with van der Waals surface area (Å²) >= 11 is 0. The van der Waals surface area contributed by atoms with Crippen molar-refractivity contribution in [2.45, 2.75) is 77.3 Å². The van der Waals surface area contributed by atoms with Crippen LogP contribution in [-0.2, 0) is 0 Å². The van der Waals surface area contributed by atoms with Gasteiger partial charge in [0.2, 0.25) is 0 Å². The monoisotopic (exact) mass is 530 g/mol. The third-order valence-corrected chi connectivity index (χ3v) is 9.21. The van der Waals surface area contributed by atoms with Crippen LogP contribution in [0.15, 0.2) is 18.2 Å². The van der Waals surface area contributed by atoms with E-state index in [0.29, 0.717) is 11.5 Å². The maximum atomic E-state index is 14.8. The number of alkyl halides is 3. The first-order valence-corrected chi connectivity index (χ1v) is 13.8. The molecule has 3 aliphatic carbocycles. The first-order chi connectivity index (χ1) is 18.1. The van der Waals surface area contributed by atoms with Gasteiger partial charge in [-0.05, 0) is 105 Å². The second-order valence-corrected chi connectivity index (χ2v) is 11.7. The Kier molecular flexibility index (Phi) is 7.72. The van der Waals surface area contributed by atoms with Crippen LogP contribution in [0.5, 0.6) is 0 Å². The van der Waals surface area contributed by atoms with Crippen molar-refractivity contribution >= 4 is 10.8 Å². The minimum Gasteiger partial charge on any atom is -0.206 e. The summed E-state index contributed by atoms with van der Waals surface area (Å²) in [6.07, 6.45) is 7.69. The Balaban J connectivity index is 1.27. The highest BCUT2D eigenvalue weighted by atomic mass is 19.4. The molecule has 4 unspecified atom stereocenters. The van der Waals surface area contributed by atoms with Crippen molar-refractivity contribution in [1.82, 2.24) is 0 Å². The van der Waals surface area contributed by atoms with Crippen molar-refractivity contribution < 1.29 is 26.3 Å². The molecule has 0 aliphatic heterocycles. The van der Waals surface area contributed by atoms with E-state index in [9.17, 15) is 26.3 Å². The lowest BCUT2D eigenvalue weighted by atomic mass is 9.61. The van der Waals surface area contributed by atoms with Gasteiger partial charge in [0.05, 0.1) is 10.9 Å². The zero-order valence-electron chi connectivity index (χ0n) is 21.5. The molecule has 0 heterocycles. The van der Waals surface area contributed by atoms with Crippen LogP contribution in [-0.4, -0.2) is 6.18 Å². The fourth-order valence-corrected chi connectivity index (χ4v) is 7.16. The summed E-state index contributed by atoms with van der Waals surface area (Å²) in [5, 5.41) is -0.686. The van der Waals surface area contributed by atoms with Crippen molar-refractivity contribution in [2.75, 3.05) is 0 Å². The predicted molar refractivity (Wildman–Crippen MR) is 136 cm³/mol. The van der Waals surface area contributed by atoms with Crippen LogP contribution in [0.25, 0.3) is 10.8 Å². The zero-order valence-corrected chi connectivity index (χ0v) is 21.5. The summed E-state index contributed by atoms with van der Waals surface area (Å²) in [6, 6.07) is 3.24. The van der Waals surface area contributed by atoms with E-state index in [-0.39, 0.29) is 11.3 Å². The Morgan fingerprint density at radius 1 is 0.711 bits per heavy atom. The summed E-state index contributed by atoms with van der Waals surface area (Å²) in [6.45, 7) is 2.37. The van der Waals surface area contributed by atoms with Gasteiger partial charge in [-0.1, -0.05) is 37.5 Å². The fourth-order valence-electron chi connectivity index (χ4n) is 7.16. The van der Waals surface area contributed by atoms with E-state index in [1.54, 1.807) is 0 Å². The molecule has 2 aromatic rings. The summed E-state index contributed by atoms with van der Waals surface area (Å²) in [4.78, 5) is 0. The van der Waals surface area contributed by atoms with Crippen LogP contribution in [0.4, 0.5) is 26.3 Å². The second kappa shape index (κ2) is 10.9. The van der Waals surface area contributed by atoms with Gasteiger partial charge in [0.1, 0.15) is 11.6 Å². The van der Waals surface area contributed by atoms with Gasteiger partial charge in [-0.3, -0.25) is 0 Å². The van der Waals surface area contributed by atoms with Crippen molar-refractivity contribution in [1.29, 1.82) is 0 Å². The Bertz CT molecular complexity index is 1310. The normalized spacial score (nSPS) is 29.6. The van der Waals surface area contributed by atoms with Crippen LogP contribution >= 0.6 is 0 Å². The molecular formula is C32H32F6. The molecule has 3 saturated carbocycles. The SMILES string of the molecule is CC1CCC(C2CCC3CC(C#Cc4cc(F)c5c(F)c(C#CC(F)(F)F)c(F)cc5c4)CCC3C2)CC1. The van der Waals surface area contributed by atoms with E-state index in [1.807, 2.05) is 0 Å². The van der Waals surface area contributed by atoms with Gasteiger partial charge >= 0.3 is 6.18 Å². The van der Waals surface area contributed by atoms with Gasteiger partial charge in [-0.15, -0.1) is 0 Å². The van der Waals surface area contributed by atoms with Gasteiger partial charge in [0.25, 0.3) is 0 Å². The van der Waals surface area contributed by atoms with Gasteiger partial charge < -0.3 is 0 Å². The fraction of sp³-hybridized carbons (Fsp3) is 0.562. The van der Waals surface area contributed by atoms with Crippen LogP contribution in [0.2, 0.25) is 0 Å². The molecule has 4 atom stereocenters. The highest BCUT2D eigenvalue weighted by molar-refractivity contribution is 5.87. The van der Waals surface area contributed by atoms with E-state index >= 15 is 0 Å². The molecule has 202 valence electrons. The number of halogens is 6. The Hall–Kier alpha value is -2.60. The van der Waals surface area contributed by atoms with Crippen molar-refractivity contribution in [3.8, 4) is 23.7 Å². The lowest BCUT2D eigenvalue weighted by Gasteiger charge is -2.44. The second-order valence-electron chi connectivity index (χ2n) is 11.7. The average Bonchev–Trinajstić information content (AvgIpc) is 2.86. The Morgan fingerprint density at radius 3 is 2.05 bits per heavy atom. The molecule has 0 radical (unpaired) electrons.